The lowest BCUT2D eigenvalue weighted by Gasteiger charge is -2.09. The van der Waals surface area contributed by atoms with Gasteiger partial charge >= 0.3 is 11.9 Å². The molecule has 0 spiro atoms. The van der Waals surface area contributed by atoms with Crippen LogP contribution in [0.5, 0.6) is 5.75 Å². The summed E-state index contributed by atoms with van der Waals surface area (Å²) in [5.74, 6) is -14.5. The van der Waals surface area contributed by atoms with Crippen molar-refractivity contribution in [2.75, 3.05) is 59.5 Å². The van der Waals surface area contributed by atoms with Gasteiger partial charge < -0.3 is 28.4 Å². The first kappa shape index (κ1) is 28.7. The molecular weight excluding hydrogens is 463 g/mol. The standard InChI is InChI=1S/C20H25F5O8/c1-2-32-13(26)3-5-28-7-9-30-11-12-31-10-8-29-6-4-14(27)33-20-18(24)16(22)15(21)17(23)19(20)25/h2-12H2,1H3. The largest absolute Gasteiger partial charge is 0.466 e. The first-order chi connectivity index (χ1) is 15.8. The average Bonchev–Trinajstić information content (AvgIpc) is 2.79. The highest BCUT2D eigenvalue weighted by Crippen LogP contribution is 2.29. The van der Waals surface area contributed by atoms with Gasteiger partial charge in [-0.2, -0.15) is 8.78 Å². The Morgan fingerprint density at radius 1 is 0.576 bits per heavy atom. The lowest BCUT2D eigenvalue weighted by atomic mass is 10.2. The number of carbonyl (C=O) groups excluding carboxylic acids is 2. The summed E-state index contributed by atoms with van der Waals surface area (Å²) in [6, 6.07) is 0. The van der Waals surface area contributed by atoms with E-state index in [-0.39, 0.29) is 52.0 Å². The van der Waals surface area contributed by atoms with Crippen LogP contribution in [0.1, 0.15) is 19.8 Å². The van der Waals surface area contributed by atoms with Crippen LogP contribution in [-0.4, -0.2) is 71.4 Å². The molecule has 0 unspecified atom stereocenters. The van der Waals surface area contributed by atoms with Crippen molar-refractivity contribution in [3.8, 4) is 5.75 Å². The lowest BCUT2D eigenvalue weighted by molar-refractivity contribution is -0.144. The number of benzene rings is 1. The normalized spacial score (nSPS) is 11.0. The van der Waals surface area contributed by atoms with Crippen LogP contribution >= 0.6 is 0 Å². The Hall–Kier alpha value is -2.35. The second-order valence-corrected chi connectivity index (χ2v) is 6.13. The van der Waals surface area contributed by atoms with Crippen molar-refractivity contribution in [1.82, 2.24) is 0 Å². The molecule has 33 heavy (non-hydrogen) atoms. The second kappa shape index (κ2) is 16.3. The zero-order valence-corrected chi connectivity index (χ0v) is 17.9. The topological polar surface area (TPSA) is 89.5 Å². The maximum absolute atomic E-state index is 13.4. The average molecular weight is 488 g/mol. The quantitative estimate of drug-likeness (QED) is 0.0826. The molecule has 188 valence electrons. The van der Waals surface area contributed by atoms with Gasteiger partial charge in [-0.25, -0.2) is 13.2 Å². The summed E-state index contributed by atoms with van der Waals surface area (Å²) in [7, 11) is 0. The van der Waals surface area contributed by atoms with Crippen LogP contribution in [-0.2, 0) is 33.3 Å². The third kappa shape index (κ3) is 10.9. The van der Waals surface area contributed by atoms with Crippen LogP contribution in [0.25, 0.3) is 0 Å². The van der Waals surface area contributed by atoms with Gasteiger partial charge in [0.05, 0.1) is 72.3 Å². The molecule has 0 N–H and O–H groups in total. The second-order valence-electron chi connectivity index (χ2n) is 6.13. The van der Waals surface area contributed by atoms with Crippen LogP contribution in [0.4, 0.5) is 22.0 Å². The van der Waals surface area contributed by atoms with Gasteiger partial charge in [-0.1, -0.05) is 0 Å². The van der Waals surface area contributed by atoms with Gasteiger partial charge in [-0.3, -0.25) is 9.59 Å². The van der Waals surface area contributed by atoms with Gasteiger partial charge in [-0.05, 0) is 6.92 Å². The van der Waals surface area contributed by atoms with Gasteiger partial charge in [0.1, 0.15) is 0 Å². The Balaban J connectivity index is 2.02. The van der Waals surface area contributed by atoms with Gasteiger partial charge in [0.25, 0.3) is 0 Å². The smallest absolute Gasteiger partial charge is 0.313 e. The maximum Gasteiger partial charge on any atom is 0.313 e. The predicted octanol–water partition coefficient (Wildman–Crippen LogP) is 2.70. The van der Waals surface area contributed by atoms with E-state index in [4.69, 9.17) is 23.7 Å². The van der Waals surface area contributed by atoms with E-state index < -0.39 is 47.2 Å². The van der Waals surface area contributed by atoms with Crippen molar-refractivity contribution in [2.45, 2.75) is 19.8 Å². The van der Waals surface area contributed by atoms with Gasteiger partial charge in [0, 0.05) is 0 Å². The fourth-order valence-electron chi connectivity index (χ4n) is 2.15. The molecule has 1 aromatic carbocycles. The molecule has 0 saturated heterocycles. The van der Waals surface area contributed by atoms with E-state index in [2.05, 4.69) is 4.74 Å². The van der Waals surface area contributed by atoms with Gasteiger partial charge in [-0.15, -0.1) is 0 Å². The molecule has 0 aliphatic heterocycles. The first-order valence-electron chi connectivity index (χ1n) is 9.98. The third-order valence-electron chi connectivity index (χ3n) is 3.71. The SMILES string of the molecule is CCOC(=O)CCOCCOCCOCCOCCC(=O)Oc1c(F)c(F)c(F)c(F)c1F. The number of carbonyl (C=O) groups is 2. The molecule has 0 fully saturated rings. The van der Waals surface area contributed by atoms with Crippen LogP contribution < -0.4 is 4.74 Å². The molecule has 8 nitrogen and oxygen atoms in total. The molecule has 0 atom stereocenters. The molecule has 0 aliphatic rings. The molecule has 0 amide bonds. The van der Waals surface area contributed by atoms with E-state index in [1.54, 1.807) is 6.92 Å². The highest BCUT2D eigenvalue weighted by atomic mass is 19.2. The van der Waals surface area contributed by atoms with Crippen LogP contribution in [0.15, 0.2) is 0 Å². The molecule has 1 rings (SSSR count). The van der Waals surface area contributed by atoms with Crippen molar-refractivity contribution in [3.05, 3.63) is 29.1 Å². The van der Waals surface area contributed by atoms with E-state index in [0.717, 1.165) is 0 Å². The Labute approximate surface area is 186 Å². The molecule has 1 aromatic rings. The minimum absolute atomic E-state index is 0.0762. The number of hydrogen-bond donors (Lipinski definition) is 0. The summed E-state index contributed by atoms with van der Waals surface area (Å²) < 4.78 is 95.6. The highest BCUT2D eigenvalue weighted by Gasteiger charge is 2.28. The summed E-state index contributed by atoms with van der Waals surface area (Å²) in [5.41, 5.74) is 0. The molecule has 0 heterocycles. The predicted molar refractivity (Wildman–Crippen MR) is 101 cm³/mol. The number of esters is 2. The van der Waals surface area contributed by atoms with E-state index in [0.29, 0.717) is 19.8 Å². The minimum Gasteiger partial charge on any atom is -0.466 e. The molecule has 0 aromatic heterocycles. The molecular formula is C20H25F5O8. The van der Waals surface area contributed by atoms with Crippen LogP contribution in [0, 0.1) is 29.1 Å². The molecule has 13 heteroatoms. The lowest BCUT2D eigenvalue weighted by Crippen LogP contribution is -2.16. The Morgan fingerprint density at radius 3 is 1.36 bits per heavy atom. The Kier molecular flexibility index (Phi) is 14.2. The van der Waals surface area contributed by atoms with Crippen LogP contribution in [0.3, 0.4) is 0 Å². The summed E-state index contributed by atoms with van der Waals surface area (Å²) in [6.45, 7) is 3.46. The summed E-state index contributed by atoms with van der Waals surface area (Å²) in [5, 5.41) is 0. The minimum atomic E-state index is -2.35. The van der Waals surface area contributed by atoms with E-state index in [9.17, 15) is 31.5 Å². The van der Waals surface area contributed by atoms with E-state index in [1.165, 1.54) is 0 Å². The number of hydrogen-bond acceptors (Lipinski definition) is 8. The zero-order valence-electron chi connectivity index (χ0n) is 17.9. The molecule has 0 radical (unpaired) electrons. The van der Waals surface area contributed by atoms with Crippen molar-refractivity contribution >= 4 is 11.9 Å². The van der Waals surface area contributed by atoms with Crippen molar-refractivity contribution in [1.29, 1.82) is 0 Å². The summed E-state index contributed by atoms with van der Waals surface area (Å²) in [6.07, 6.45) is -0.315. The first-order valence-corrected chi connectivity index (χ1v) is 9.98. The monoisotopic (exact) mass is 488 g/mol. The van der Waals surface area contributed by atoms with Crippen LogP contribution in [0.2, 0.25) is 0 Å². The van der Waals surface area contributed by atoms with Crippen molar-refractivity contribution < 1.29 is 60.0 Å². The highest BCUT2D eigenvalue weighted by molar-refractivity contribution is 5.72. The van der Waals surface area contributed by atoms with E-state index in [1.807, 2.05) is 0 Å². The Bertz CT molecular complexity index is 733. The molecule has 0 saturated carbocycles. The molecule has 0 aliphatic carbocycles. The number of rotatable bonds is 17. The number of halogens is 5. The zero-order chi connectivity index (χ0) is 24.6. The van der Waals surface area contributed by atoms with Gasteiger partial charge in [0.15, 0.2) is 0 Å². The van der Waals surface area contributed by atoms with Gasteiger partial charge in [0.2, 0.25) is 34.8 Å². The summed E-state index contributed by atoms with van der Waals surface area (Å²) in [4.78, 5) is 22.6. The summed E-state index contributed by atoms with van der Waals surface area (Å²) >= 11 is 0. The van der Waals surface area contributed by atoms with Crippen molar-refractivity contribution in [2.24, 2.45) is 0 Å². The molecule has 0 bridgehead atoms. The van der Waals surface area contributed by atoms with E-state index >= 15 is 0 Å². The Morgan fingerprint density at radius 2 is 0.939 bits per heavy atom. The maximum atomic E-state index is 13.4. The number of ether oxygens (including phenoxy) is 6. The van der Waals surface area contributed by atoms with Crippen molar-refractivity contribution in [3.63, 3.8) is 0 Å². The fraction of sp³-hybridized carbons (Fsp3) is 0.600. The fourth-order valence-corrected chi connectivity index (χ4v) is 2.15. The third-order valence-corrected chi connectivity index (χ3v) is 3.71.